The molecule has 2 nitrogen and oxygen atoms in total. The van der Waals surface area contributed by atoms with Crippen molar-refractivity contribution in [2.24, 2.45) is 0 Å². The molecule has 0 fully saturated rings. The molecule has 1 aromatic heterocycles. The second-order valence-corrected chi connectivity index (χ2v) is 5.41. The van der Waals surface area contributed by atoms with E-state index >= 15 is 0 Å². The van der Waals surface area contributed by atoms with Crippen molar-refractivity contribution in [3.05, 3.63) is 57.0 Å². The second-order valence-electron chi connectivity index (χ2n) is 4.41. The highest BCUT2D eigenvalue weighted by Gasteiger charge is 2.01. The summed E-state index contributed by atoms with van der Waals surface area (Å²) in [7, 11) is 0. The van der Waals surface area contributed by atoms with Crippen LogP contribution in [0.2, 0.25) is 0 Å². The molecule has 0 aliphatic rings. The van der Waals surface area contributed by atoms with Crippen molar-refractivity contribution in [1.82, 2.24) is 5.32 Å². The average molecular weight is 274 g/mol. The maximum Gasteiger partial charge on any atom is 0.123 e. The van der Waals surface area contributed by atoms with Gasteiger partial charge in [-0.2, -0.15) is 5.26 Å². The number of nitrogens with zero attached hydrogens (tertiary/aromatic N) is 1. The van der Waals surface area contributed by atoms with Gasteiger partial charge in [0.1, 0.15) is 11.9 Å². The maximum atomic E-state index is 13.0. The zero-order valence-corrected chi connectivity index (χ0v) is 11.6. The molecule has 0 radical (unpaired) electrons. The quantitative estimate of drug-likeness (QED) is 0.848. The highest BCUT2D eigenvalue weighted by atomic mass is 32.1. The third kappa shape index (κ3) is 3.88. The van der Waals surface area contributed by atoms with Crippen molar-refractivity contribution in [2.45, 2.75) is 19.9 Å². The van der Waals surface area contributed by atoms with E-state index in [1.165, 1.54) is 6.07 Å². The zero-order valence-electron chi connectivity index (χ0n) is 10.7. The molecule has 2 aromatic rings. The van der Waals surface area contributed by atoms with Crippen molar-refractivity contribution in [1.29, 1.82) is 5.26 Å². The number of halogens is 1. The van der Waals surface area contributed by atoms with E-state index in [1.807, 2.05) is 24.4 Å². The van der Waals surface area contributed by atoms with Crippen LogP contribution in [-0.2, 0) is 13.0 Å². The standard InChI is InChI=1S/C15H15FN2S/c1-11-6-14(16)3-2-13(11)4-5-18-9-15-7-12(8-17)10-19-15/h2-3,6-7,10,18H,4-5,9H2,1H3. The van der Waals surface area contributed by atoms with Crippen LogP contribution in [0.4, 0.5) is 4.39 Å². The number of rotatable bonds is 5. The van der Waals surface area contributed by atoms with Crippen LogP contribution in [0.3, 0.4) is 0 Å². The van der Waals surface area contributed by atoms with Crippen LogP contribution in [0.25, 0.3) is 0 Å². The molecule has 4 heteroatoms. The highest BCUT2D eigenvalue weighted by Crippen LogP contribution is 2.14. The van der Waals surface area contributed by atoms with Gasteiger partial charge >= 0.3 is 0 Å². The smallest absolute Gasteiger partial charge is 0.123 e. The summed E-state index contributed by atoms with van der Waals surface area (Å²) in [5.74, 6) is -0.183. The summed E-state index contributed by atoms with van der Waals surface area (Å²) in [6.45, 7) is 3.54. The Bertz CT molecular complexity index is 598. The van der Waals surface area contributed by atoms with Gasteiger partial charge in [-0.1, -0.05) is 6.07 Å². The SMILES string of the molecule is Cc1cc(F)ccc1CCNCc1cc(C#N)cs1. The number of hydrogen-bond acceptors (Lipinski definition) is 3. The van der Waals surface area contributed by atoms with E-state index in [0.717, 1.165) is 41.1 Å². The van der Waals surface area contributed by atoms with Gasteiger partial charge in [0.2, 0.25) is 0 Å². The molecule has 98 valence electrons. The number of benzene rings is 1. The molecule has 0 unspecified atom stereocenters. The summed E-state index contributed by atoms with van der Waals surface area (Å²) in [6.07, 6.45) is 0.878. The third-order valence-corrected chi connectivity index (χ3v) is 3.89. The van der Waals surface area contributed by atoms with Gasteiger partial charge in [-0.25, -0.2) is 4.39 Å². The Morgan fingerprint density at radius 2 is 2.21 bits per heavy atom. The van der Waals surface area contributed by atoms with Gasteiger partial charge in [-0.3, -0.25) is 0 Å². The fourth-order valence-electron chi connectivity index (χ4n) is 1.91. The van der Waals surface area contributed by atoms with Crippen molar-refractivity contribution >= 4 is 11.3 Å². The van der Waals surface area contributed by atoms with Gasteiger partial charge in [0.25, 0.3) is 0 Å². The molecular formula is C15H15FN2S. The lowest BCUT2D eigenvalue weighted by molar-refractivity contribution is 0.624. The van der Waals surface area contributed by atoms with Gasteiger partial charge in [0.15, 0.2) is 0 Å². The Labute approximate surface area is 116 Å². The summed E-state index contributed by atoms with van der Waals surface area (Å²) in [6, 6.07) is 8.93. The summed E-state index contributed by atoms with van der Waals surface area (Å²) in [5, 5.41) is 13.9. The fourth-order valence-corrected chi connectivity index (χ4v) is 2.69. The van der Waals surface area contributed by atoms with Crippen LogP contribution >= 0.6 is 11.3 Å². The third-order valence-electron chi connectivity index (χ3n) is 2.96. The van der Waals surface area contributed by atoms with Crippen LogP contribution < -0.4 is 5.32 Å². The van der Waals surface area contributed by atoms with Crippen LogP contribution in [0, 0.1) is 24.1 Å². The summed E-state index contributed by atoms with van der Waals surface area (Å²) in [4.78, 5) is 1.16. The minimum absolute atomic E-state index is 0.183. The molecule has 0 spiro atoms. The first kappa shape index (κ1) is 13.7. The van der Waals surface area contributed by atoms with Crippen molar-refractivity contribution < 1.29 is 4.39 Å². The van der Waals surface area contributed by atoms with Gasteiger partial charge in [0, 0.05) is 16.8 Å². The number of aryl methyl sites for hydroxylation is 1. The van der Waals surface area contributed by atoms with Gasteiger partial charge in [0.05, 0.1) is 5.56 Å². The second kappa shape index (κ2) is 6.46. The fraction of sp³-hybridized carbons (Fsp3) is 0.267. The minimum Gasteiger partial charge on any atom is -0.312 e. The molecule has 2 rings (SSSR count). The first-order valence-electron chi connectivity index (χ1n) is 6.12. The number of thiophene rings is 1. The molecule has 0 aliphatic heterocycles. The molecule has 0 aliphatic carbocycles. The monoisotopic (exact) mass is 274 g/mol. The first-order chi connectivity index (χ1) is 9.19. The lowest BCUT2D eigenvalue weighted by atomic mass is 10.1. The minimum atomic E-state index is -0.183. The topological polar surface area (TPSA) is 35.8 Å². The average Bonchev–Trinajstić information content (AvgIpc) is 2.84. The molecule has 0 atom stereocenters. The number of nitrogens with one attached hydrogen (secondary N) is 1. The van der Waals surface area contributed by atoms with Crippen LogP contribution in [0.1, 0.15) is 21.6 Å². The molecule has 19 heavy (non-hydrogen) atoms. The van der Waals surface area contributed by atoms with Crippen molar-refractivity contribution in [3.63, 3.8) is 0 Å². The van der Waals surface area contributed by atoms with E-state index in [0.29, 0.717) is 0 Å². The van der Waals surface area contributed by atoms with E-state index < -0.39 is 0 Å². The van der Waals surface area contributed by atoms with E-state index in [4.69, 9.17) is 5.26 Å². The van der Waals surface area contributed by atoms with Gasteiger partial charge < -0.3 is 5.32 Å². The Kier molecular flexibility index (Phi) is 4.67. The molecule has 0 saturated heterocycles. The van der Waals surface area contributed by atoms with Crippen LogP contribution in [0.15, 0.2) is 29.6 Å². The van der Waals surface area contributed by atoms with Crippen molar-refractivity contribution in [3.8, 4) is 6.07 Å². The number of hydrogen-bond donors (Lipinski definition) is 1. The Balaban J connectivity index is 1.79. The summed E-state index contributed by atoms with van der Waals surface area (Å²) in [5.41, 5.74) is 2.87. The number of nitriles is 1. The highest BCUT2D eigenvalue weighted by molar-refractivity contribution is 7.10. The first-order valence-corrected chi connectivity index (χ1v) is 7.00. The lowest BCUT2D eigenvalue weighted by Crippen LogP contribution is -2.16. The van der Waals surface area contributed by atoms with E-state index in [1.54, 1.807) is 17.4 Å². The molecule has 1 heterocycles. The van der Waals surface area contributed by atoms with Gasteiger partial charge in [-0.05, 0) is 49.2 Å². The van der Waals surface area contributed by atoms with Gasteiger partial charge in [-0.15, -0.1) is 11.3 Å². The summed E-state index contributed by atoms with van der Waals surface area (Å²) >= 11 is 1.59. The van der Waals surface area contributed by atoms with E-state index in [9.17, 15) is 4.39 Å². The van der Waals surface area contributed by atoms with E-state index in [2.05, 4.69) is 11.4 Å². The Hall–Kier alpha value is -1.70. The molecule has 1 N–H and O–H groups in total. The van der Waals surface area contributed by atoms with Crippen LogP contribution in [0.5, 0.6) is 0 Å². The zero-order chi connectivity index (χ0) is 13.7. The largest absolute Gasteiger partial charge is 0.312 e. The summed E-state index contributed by atoms with van der Waals surface area (Å²) < 4.78 is 13.0. The molecule has 0 saturated carbocycles. The van der Waals surface area contributed by atoms with Crippen molar-refractivity contribution in [2.75, 3.05) is 6.54 Å². The maximum absolute atomic E-state index is 13.0. The lowest BCUT2D eigenvalue weighted by Gasteiger charge is -2.06. The molecule has 0 amide bonds. The Morgan fingerprint density at radius 3 is 2.89 bits per heavy atom. The molecule has 0 bridgehead atoms. The normalized spacial score (nSPS) is 10.4. The molecular weight excluding hydrogens is 259 g/mol. The Morgan fingerprint density at radius 1 is 1.37 bits per heavy atom. The predicted molar refractivity (Wildman–Crippen MR) is 75.6 cm³/mol. The predicted octanol–water partition coefficient (Wildman–Crippen LogP) is 3.40. The molecule has 1 aromatic carbocycles. The van der Waals surface area contributed by atoms with Crippen LogP contribution in [-0.4, -0.2) is 6.54 Å². The van der Waals surface area contributed by atoms with E-state index in [-0.39, 0.29) is 5.82 Å².